The first-order valence-electron chi connectivity index (χ1n) is 9.08. The van der Waals surface area contributed by atoms with Crippen molar-refractivity contribution in [2.24, 2.45) is 5.92 Å². The number of carbonyl (C=O) groups is 2. The molecule has 0 amide bonds. The number of fused-ring (bicyclic) bond motifs is 1. The zero-order chi connectivity index (χ0) is 18.6. The Balaban J connectivity index is 1.90. The molecule has 7 heteroatoms. The lowest BCUT2D eigenvalue weighted by Gasteiger charge is -2.45. The number of hydrogen-bond donors (Lipinski definition) is 1. The fourth-order valence-electron chi connectivity index (χ4n) is 3.55. The molecule has 1 saturated heterocycles. The van der Waals surface area contributed by atoms with E-state index in [0.29, 0.717) is 50.5 Å². The number of ketones is 1. The minimum Gasteiger partial charge on any atom is -0.485 e. The second-order valence-electron chi connectivity index (χ2n) is 6.35. The van der Waals surface area contributed by atoms with Crippen LogP contribution >= 0.6 is 0 Å². The fraction of sp³-hybridized carbons (Fsp3) is 0.579. The highest BCUT2D eigenvalue weighted by Gasteiger charge is 2.55. The molecule has 1 N–H and O–H groups in total. The molecule has 0 aromatic heterocycles. The molecule has 7 nitrogen and oxygen atoms in total. The molecule has 0 saturated carbocycles. The van der Waals surface area contributed by atoms with Crippen LogP contribution in [0.15, 0.2) is 24.3 Å². The van der Waals surface area contributed by atoms with Crippen molar-refractivity contribution in [3.63, 3.8) is 0 Å². The molecule has 2 aliphatic heterocycles. The van der Waals surface area contributed by atoms with Gasteiger partial charge < -0.3 is 24.3 Å². The average molecular weight is 363 g/mol. The van der Waals surface area contributed by atoms with Gasteiger partial charge in [0.1, 0.15) is 11.4 Å². The van der Waals surface area contributed by atoms with E-state index in [1.165, 1.54) is 0 Å². The molecule has 1 spiro atoms. The number of esters is 1. The van der Waals surface area contributed by atoms with Crippen molar-refractivity contribution >= 4 is 11.8 Å². The van der Waals surface area contributed by atoms with Crippen molar-refractivity contribution in [2.45, 2.75) is 38.8 Å². The predicted octanol–water partition coefficient (Wildman–Crippen LogP) is 1.90. The molecule has 3 rings (SSSR count). The summed E-state index contributed by atoms with van der Waals surface area (Å²) in [5.41, 5.74) is -0.500. The van der Waals surface area contributed by atoms with Crippen molar-refractivity contribution in [1.82, 2.24) is 5.32 Å². The molecule has 0 bridgehead atoms. The molecule has 142 valence electrons. The molecular weight excluding hydrogens is 338 g/mol. The standard InChI is InChI=1S/C19H25NO6/c1-3-23-18(24-4-2)25-17(22)15-16(21)13-7-5-6-8-14(13)26-19(15)9-11-20-12-10-19/h5-8,15,18,20H,3-4,9-12H2,1-2H3. The van der Waals surface area contributed by atoms with E-state index in [4.69, 9.17) is 18.9 Å². The number of para-hydroxylation sites is 1. The Labute approximate surface area is 152 Å². The second kappa shape index (κ2) is 8.16. The van der Waals surface area contributed by atoms with Crippen LogP contribution in [-0.4, -0.2) is 50.1 Å². The molecule has 1 aromatic rings. The first-order chi connectivity index (χ1) is 12.6. The molecule has 26 heavy (non-hydrogen) atoms. The van der Waals surface area contributed by atoms with Gasteiger partial charge in [0, 0.05) is 12.8 Å². The van der Waals surface area contributed by atoms with E-state index in [1.807, 2.05) is 6.07 Å². The Hall–Kier alpha value is -1.96. The van der Waals surface area contributed by atoms with E-state index in [1.54, 1.807) is 32.0 Å². The summed E-state index contributed by atoms with van der Waals surface area (Å²) < 4.78 is 22.2. The van der Waals surface area contributed by atoms with E-state index >= 15 is 0 Å². The number of piperidine rings is 1. The Kier molecular flexibility index (Phi) is 5.90. The van der Waals surface area contributed by atoms with E-state index in [-0.39, 0.29) is 5.78 Å². The monoisotopic (exact) mass is 363 g/mol. The largest absolute Gasteiger partial charge is 0.485 e. The van der Waals surface area contributed by atoms with Crippen LogP contribution in [0.4, 0.5) is 0 Å². The summed E-state index contributed by atoms with van der Waals surface area (Å²) >= 11 is 0. The molecule has 0 aliphatic carbocycles. The quantitative estimate of drug-likeness (QED) is 0.469. The minimum absolute atomic E-state index is 0.273. The summed E-state index contributed by atoms with van der Waals surface area (Å²) in [6.07, 6.45) is 1.08. The SMILES string of the molecule is CCOC(OCC)OC(=O)C1C(=O)c2ccccc2OC12CCNCC2. The predicted molar refractivity (Wildman–Crippen MR) is 92.9 cm³/mol. The number of nitrogens with one attached hydrogen (secondary N) is 1. The van der Waals surface area contributed by atoms with Gasteiger partial charge in [0.15, 0.2) is 11.7 Å². The Bertz CT molecular complexity index is 649. The summed E-state index contributed by atoms with van der Waals surface area (Å²) in [4.78, 5) is 26.1. The lowest BCUT2D eigenvalue weighted by Crippen LogP contribution is -2.59. The van der Waals surface area contributed by atoms with Crippen LogP contribution in [0.2, 0.25) is 0 Å². The highest BCUT2D eigenvalue weighted by Crippen LogP contribution is 2.42. The van der Waals surface area contributed by atoms with Crippen LogP contribution in [0.3, 0.4) is 0 Å². The lowest BCUT2D eigenvalue weighted by molar-refractivity contribution is -0.276. The third-order valence-corrected chi connectivity index (χ3v) is 4.76. The zero-order valence-electron chi connectivity index (χ0n) is 15.2. The Morgan fingerprint density at radius 1 is 1.23 bits per heavy atom. The van der Waals surface area contributed by atoms with E-state index in [2.05, 4.69) is 5.32 Å². The molecule has 1 unspecified atom stereocenters. The Morgan fingerprint density at radius 3 is 2.54 bits per heavy atom. The minimum atomic E-state index is -1.12. The summed E-state index contributed by atoms with van der Waals surface area (Å²) in [5.74, 6) is -1.46. The Morgan fingerprint density at radius 2 is 1.88 bits per heavy atom. The normalized spacial score (nSPS) is 21.3. The number of hydrogen-bond acceptors (Lipinski definition) is 7. The van der Waals surface area contributed by atoms with E-state index in [0.717, 1.165) is 0 Å². The van der Waals surface area contributed by atoms with Gasteiger partial charge in [0.05, 0.1) is 18.8 Å². The van der Waals surface area contributed by atoms with Gasteiger partial charge in [-0.2, -0.15) is 0 Å². The van der Waals surface area contributed by atoms with Gasteiger partial charge in [-0.05, 0) is 39.1 Å². The third kappa shape index (κ3) is 3.60. The first kappa shape index (κ1) is 18.8. The second-order valence-corrected chi connectivity index (χ2v) is 6.35. The zero-order valence-corrected chi connectivity index (χ0v) is 15.2. The molecule has 1 atom stereocenters. The highest BCUT2D eigenvalue weighted by atomic mass is 16.9. The van der Waals surface area contributed by atoms with Gasteiger partial charge in [-0.3, -0.25) is 9.59 Å². The van der Waals surface area contributed by atoms with Crippen molar-refractivity contribution in [2.75, 3.05) is 26.3 Å². The number of rotatable bonds is 6. The third-order valence-electron chi connectivity index (χ3n) is 4.76. The van der Waals surface area contributed by atoms with Crippen LogP contribution in [0.5, 0.6) is 5.75 Å². The van der Waals surface area contributed by atoms with Crippen LogP contribution in [0.25, 0.3) is 0 Å². The summed E-state index contributed by atoms with van der Waals surface area (Å²) in [5, 5.41) is 3.24. The maximum atomic E-state index is 13.1. The first-order valence-corrected chi connectivity index (χ1v) is 9.08. The van der Waals surface area contributed by atoms with Gasteiger partial charge in [-0.1, -0.05) is 12.1 Å². The average Bonchev–Trinajstić information content (AvgIpc) is 2.63. The van der Waals surface area contributed by atoms with Crippen molar-refractivity contribution in [3.05, 3.63) is 29.8 Å². The number of benzene rings is 1. The van der Waals surface area contributed by atoms with Gasteiger partial charge in [0.2, 0.25) is 0 Å². The summed E-state index contributed by atoms with van der Waals surface area (Å²) in [6.45, 7) is 4.41. The maximum Gasteiger partial charge on any atom is 0.325 e. The van der Waals surface area contributed by atoms with Crippen molar-refractivity contribution in [3.8, 4) is 5.75 Å². The molecular formula is C19H25NO6. The molecule has 1 fully saturated rings. The molecule has 2 aliphatic rings. The lowest BCUT2D eigenvalue weighted by atomic mass is 9.74. The smallest absolute Gasteiger partial charge is 0.325 e. The van der Waals surface area contributed by atoms with Crippen LogP contribution in [0, 0.1) is 5.92 Å². The van der Waals surface area contributed by atoms with Crippen LogP contribution in [-0.2, 0) is 19.0 Å². The number of ether oxygens (including phenoxy) is 4. The van der Waals surface area contributed by atoms with E-state index in [9.17, 15) is 9.59 Å². The van der Waals surface area contributed by atoms with Gasteiger partial charge in [-0.25, -0.2) is 0 Å². The van der Waals surface area contributed by atoms with Gasteiger partial charge in [0.25, 0.3) is 0 Å². The number of Topliss-reactive ketones (excluding diaryl/α,β-unsaturated/α-hetero) is 1. The molecule has 2 heterocycles. The summed E-state index contributed by atoms with van der Waals surface area (Å²) in [6, 6.07) is 7.02. The summed E-state index contributed by atoms with van der Waals surface area (Å²) in [7, 11) is 0. The molecule has 0 radical (unpaired) electrons. The van der Waals surface area contributed by atoms with Crippen LogP contribution < -0.4 is 10.1 Å². The van der Waals surface area contributed by atoms with Gasteiger partial charge in [-0.15, -0.1) is 0 Å². The topological polar surface area (TPSA) is 83.1 Å². The van der Waals surface area contributed by atoms with E-state index < -0.39 is 24.0 Å². The number of carbonyl (C=O) groups excluding carboxylic acids is 2. The maximum absolute atomic E-state index is 13.1. The van der Waals surface area contributed by atoms with Gasteiger partial charge >= 0.3 is 12.4 Å². The van der Waals surface area contributed by atoms with Crippen molar-refractivity contribution in [1.29, 1.82) is 0 Å². The fourth-order valence-corrected chi connectivity index (χ4v) is 3.55. The highest BCUT2D eigenvalue weighted by molar-refractivity contribution is 6.12. The molecule has 1 aromatic carbocycles. The van der Waals surface area contributed by atoms with Crippen molar-refractivity contribution < 1.29 is 28.5 Å². The van der Waals surface area contributed by atoms with Crippen LogP contribution in [0.1, 0.15) is 37.0 Å².